The standard InChI is InChI=1S/C11H24N4O2/c1-4-5-9(12)8-10(16)13-6-7-14-11(17)15(2)3/h9H,4-8,12H2,1-3H3,(H,13,16)(H,14,17). The van der Waals surface area contributed by atoms with Crippen molar-refractivity contribution in [3.05, 3.63) is 0 Å². The number of amides is 3. The van der Waals surface area contributed by atoms with Crippen LogP contribution < -0.4 is 16.4 Å². The normalized spacial score (nSPS) is 11.8. The first-order chi connectivity index (χ1) is 7.97. The molecular weight excluding hydrogens is 220 g/mol. The molecular formula is C11H24N4O2. The van der Waals surface area contributed by atoms with Gasteiger partial charge in [0.1, 0.15) is 0 Å². The van der Waals surface area contributed by atoms with E-state index in [0.29, 0.717) is 19.5 Å². The highest BCUT2D eigenvalue weighted by Gasteiger charge is 2.08. The quantitative estimate of drug-likeness (QED) is 0.546. The van der Waals surface area contributed by atoms with E-state index in [2.05, 4.69) is 10.6 Å². The summed E-state index contributed by atoms with van der Waals surface area (Å²) < 4.78 is 0. The fourth-order valence-corrected chi connectivity index (χ4v) is 1.31. The van der Waals surface area contributed by atoms with Crippen LogP contribution in [-0.2, 0) is 4.79 Å². The van der Waals surface area contributed by atoms with E-state index >= 15 is 0 Å². The van der Waals surface area contributed by atoms with Crippen molar-refractivity contribution in [1.29, 1.82) is 0 Å². The van der Waals surface area contributed by atoms with Crippen molar-refractivity contribution < 1.29 is 9.59 Å². The van der Waals surface area contributed by atoms with Gasteiger partial charge < -0.3 is 21.3 Å². The van der Waals surface area contributed by atoms with Crippen LogP contribution in [0.15, 0.2) is 0 Å². The molecule has 0 spiro atoms. The zero-order chi connectivity index (χ0) is 13.3. The summed E-state index contributed by atoms with van der Waals surface area (Å²) in [6.07, 6.45) is 2.17. The number of rotatable bonds is 7. The molecule has 0 saturated carbocycles. The van der Waals surface area contributed by atoms with Gasteiger partial charge in [-0.05, 0) is 6.42 Å². The Labute approximate surface area is 103 Å². The molecule has 6 nitrogen and oxygen atoms in total. The van der Waals surface area contributed by atoms with E-state index in [1.165, 1.54) is 4.90 Å². The fraction of sp³-hybridized carbons (Fsp3) is 0.818. The van der Waals surface area contributed by atoms with Crippen molar-refractivity contribution in [1.82, 2.24) is 15.5 Å². The van der Waals surface area contributed by atoms with Crippen molar-refractivity contribution in [3.8, 4) is 0 Å². The molecule has 3 amide bonds. The molecule has 0 aromatic rings. The molecule has 0 aliphatic carbocycles. The van der Waals surface area contributed by atoms with Crippen LogP contribution in [0.1, 0.15) is 26.2 Å². The molecule has 0 bridgehead atoms. The van der Waals surface area contributed by atoms with Gasteiger partial charge in [-0.25, -0.2) is 4.79 Å². The molecule has 4 N–H and O–H groups in total. The van der Waals surface area contributed by atoms with E-state index < -0.39 is 0 Å². The van der Waals surface area contributed by atoms with Crippen molar-refractivity contribution in [2.75, 3.05) is 27.2 Å². The minimum absolute atomic E-state index is 0.0648. The lowest BCUT2D eigenvalue weighted by Crippen LogP contribution is -2.40. The van der Waals surface area contributed by atoms with Crippen LogP contribution in [0.4, 0.5) is 4.79 Å². The fourth-order valence-electron chi connectivity index (χ4n) is 1.31. The third-order valence-corrected chi connectivity index (χ3v) is 2.24. The number of nitrogens with zero attached hydrogens (tertiary/aromatic N) is 1. The van der Waals surface area contributed by atoms with Crippen molar-refractivity contribution in [2.45, 2.75) is 32.2 Å². The second-order valence-corrected chi connectivity index (χ2v) is 4.23. The van der Waals surface area contributed by atoms with Gasteiger partial charge in [0.15, 0.2) is 0 Å². The largest absolute Gasteiger partial charge is 0.354 e. The third-order valence-electron chi connectivity index (χ3n) is 2.24. The van der Waals surface area contributed by atoms with E-state index in [9.17, 15) is 9.59 Å². The van der Waals surface area contributed by atoms with Crippen LogP contribution in [0.3, 0.4) is 0 Å². The minimum atomic E-state index is -0.165. The molecule has 17 heavy (non-hydrogen) atoms. The van der Waals surface area contributed by atoms with Gasteiger partial charge in [-0.3, -0.25) is 4.79 Å². The lowest BCUT2D eigenvalue weighted by molar-refractivity contribution is -0.121. The molecule has 100 valence electrons. The number of hydrogen-bond acceptors (Lipinski definition) is 3. The lowest BCUT2D eigenvalue weighted by Gasteiger charge is -2.13. The van der Waals surface area contributed by atoms with Crippen LogP contribution in [-0.4, -0.2) is 50.1 Å². The Kier molecular flexibility index (Phi) is 8.13. The van der Waals surface area contributed by atoms with Gasteiger partial charge in [0, 0.05) is 39.6 Å². The van der Waals surface area contributed by atoms with Crippen LogP contribution in [0.2, 0.25) is 0 Å². The molecule has 0 aliphatic heterocycles. The number of carbonyl (C=O) groups is 2. The minimum Gasteiger partial charge on any atom is -0.354 e. The molecule has 1 atom stereocenters. The van der Waals surface area contributed by atoms with Crippen molar-refractivity contribution in [2.24, 2.45) is 5.73 Å². The number of urea groups is 1. The van der Waals surface area contributed by atoms with Crippen LogP contribution in [0.5, 0.6) is 0 Å². The predicted molar refractivity (Wildman–Crippen MR) is 67.6 cm³/mol. The number of carbonyl (C=O) groups excluding carboxylic acids is 2. The van der Waals surface area contributed by atoms with Crippen LogP contribution >= 0.6 is 0 Å². The number of nitrogens with one attached hydrogen (secondary N) is 2. The molecule has 0 fully saturated rings. The SMILES string of the molecule is CCCC(N)CC(=O)NCCNC(=O)N(C)C. The average Bonchev–Trinajstić information content (AvgIpc) is 2.24. The maximum absolute atomic E-state index is 11.4. The zero-order valence-corrected chi connectivity index (χ0v) is 11.0. The summed E-state index contributed by atoms with van der Waals surface area (Å²) in [5, 5.41) is 5.37. The summed E-state index contributed by atoms with van der Waals surface area (Å²) in [6.45, 7) is 2.89. The first-order valence-corrected chi connectivity index (χ1v) is 5.94. The van der Waals surface area contributed by atoms with E-state index in [1.54, 1.807) is 14.1 Å². The smallest absolute Gasteiger partial charge is 0.316 e. The molecule has 6 heteroatoms. The molecule has 0 aliphatic rings. The Morgan fingerprint density at radius 1 is 1.24 bits per heavy atom. The second kappa shape index (κ2) is 8.81. The molecule has 0 rings (SSSR count). The van der Waals surface area contributed by atoms with Gasteiger partial charge in [0.05, 0.1) is 0 Å². The van der Waals surface area contributed by atoms with Crippen LogP contribution in [0.25, 0.3) is 0 Å². The van der Waals surface area contributed by atoms with Crippen LogP contribution in [0, 0.1) is 0 Å². The van der Waals surface area contributed by atoms with E-state index in [0.717, 1.165) is 12.8 Å². The summed E-state index contributed by atoms with van der Waals surface area (Å²) in [7, 11) is 3.33. The zero-order valence-electron chi connectivity index (χ0n) is 11.0. The number of hydrogen-bond donors (Lipinski definition) is 3. The van der Waals surface area contributed by atoms with E-state index in [4.69, 9.17) is 5.73 Å². The average molecular weight is 244 g/mol. The maximum Gasteiger partial charge on any atom is 0.316 e. The molecule has 1 unspecified atom stereocenters. The highest BCUT2D eigenvalue weighted by Crippen LogP contribution is 1.97. The monoisotopic (exact) mass is 244 g/mol. The summed E-state index contributed by atoms with van der Waals surface area (Å²) in [6, 6.07) is -0.238. The second-order valence-electron chi connectivity index (χ2n) is 4.23. The summed E-state index contributed by atoms with van der Waals surface area (Å²) >= 11 is 0. The first-order valence-electron chi connectivity index (χ1n) is 5.94. The van der Waals surface area contributed by atoms with Gasteiger partial charge in [0.2, 0.25) is 5.91 Å². The third kappa shape index (κ3) is 8.50. The maximum atomic E-state index is 11.4. The molecule has 0 aromatic carbocycles. The van der Waals surface area contributed by atoms with Gasteiger partial charge >= 0.3 is 6.03 Å². The Hall–Kier alpha value is -1.30. The lowest BCUT2D eigenvalue weighted by atomic mass is 10.1. The predicted octanol–water partition coefficient (Wildman–Crippen LogP) is -0.109. The highest BCUT2D eigenvalue weighted by molar-refractivity contribution is 5.76. The Bertz CT molecular complexity index is 244. The summed E-state index contributed by atoms with van der Waals surface area (Å²) in [5.74, 6) is -0.0648. The summed E-state index contributed by atoms with van der Waals surface area (Å²) in [4.78, 5) is 24.0. The Morgan fingerprint density at radius 3 is 2.35 bits per heavy atom. The summed E-state index contributed by atoms with van der Waals surface area (Å²) in [5.41, 5.74) is 5.74. The van der Waals surface area contributed by atoms with Crippen molar-refractivity contribution in [3.63, 3.8) is 0 Å². The van der Waals surface area contributed by atoms with E-state index in [-0.39, 0.29) is 18.0 Å². The van der Waals surface area contributed by atoms with E-state index in [1.807, 2.05) is 6.92 Å². The van der Waals surface area contributed by atoms with Gasteiger partial charge in [-0.1, -0.05) is 13.3 Å². The molecule has 0 aromatic heterocycles. The Morgan fingerprint density at radius 2 is 1.82 bits per heavy atom. The topological polar surface area (TPSA) is 87.5 Å². The van der Waals surface area contributed by atoms with Gasteiger partial charge in [-0.2, -0.15) is 0 Å². The van der Waals surface area contributed by atoms with Gasteiger partial charge in [0.25, 0.3) is 0 Å². The molecule has 0 radical (unpaired) electrons. The first kappa shape index (κ1) is 15.7. The Balaban J connectivity index is 3.55. The number of nitrogens with two attached hydrogens (primary N) is 1. The van der Waals surface area contributed by atoms with Gasteiger partial charge in [-0.15, -0.1) is 0 Å². The molecule has 0 saturated heterocycles. The van der Waals surface area contributed by atoms with Crippen molar-refractivity contribution >= 4 is 11.9 Å². The highest BCUT2D eigenvalue weighted by atomic mass is 16.2. The molecule has 0 heterocycles.